The molecule has 24 heavy (non-hydrogen) atoms. The van der Waals surface area contributed by atoms with E-state index in [9.17, 15) is 14.5 Å². The van der Waals surface area contributed by atoms with Crippen LogP contribution in [0.1, 0.15) is 54.4 Å². The van der Waals surface area contributed by atoms with Crippen molar-refractivity contribution in [1.82, 2.24) is 5.32 Å². The van der Waals surface area contributed by atoms with Crippen molar-refractivity contribution in [1.29, 1.82) is 0 Å². The number of nitrogens with one attached hydrogen (secondary N) is 1. The van der Waals surface area contributed by atoms with Crippen LogP contribution >= 0.6 is 7.37 Å². The van der Waals surface area contributed by atoms with Crippen molar-refractivity contribution in [3.8, 4) is 0 Å². The van der Waals surface area contributed by atoms with E-state index in [1.54, 1.807) is 20.8 Å². The molecule has 0 amide bonds. The maximum Gasteiger partial charge on any atom is 0.320 e. The van der Waals surface area contributed by atoms with Gasteiger partial charge in [-0.2, -0.15) is 0 Å². The quantitative estimate of drug-likeness (QED) is 0.358. The third-order valence-corrected chi connectivity index (χ3v) is 6.39. The fraction of sp³-hybridized carbons (Fsp3) is 0.938. The molecule has 0 heterocycles. The lowest BCUT2D eigenvalue weighted by molar-refractivity contribution is -0.140. The van der Waals surface area contributed by atoms with E-state index in [0.29, 0.717) is 26.1 Å². The molecule has 0 spiro atoms. The van der Waals surface area contributed by atoms with Crippen molar-refractivity contribution in [3.05, 3.63) is 0 Å². The molecule has 2 N–H and O–H groups in total. The van der Waals surface area contributed by atoms with Crippen LogP contribution < -0.4 is 5.32 Å². The van der Waals surface area contributed by atoms with Crippen LogP contribution in [0.2, 0.25) is 0 Å². The van der Waals surface area contributed by atoms with Gasteiger partial charge in [-0.05, 0) is 39.5 Å². The Hall–Kier alpha value is -0.460. The van der Waals surface area contributed by atoms with E-state index >= 15 is 0 Å². The lowest BCUT2D eigenvalue weighted by atomic mass is 10.0. The fourth-order valence-corrected chi connectivity index (χ4v) is 5.07. The van der Waals surface area contributed by atoms with Crippen LogP contribution in [0.4, 0.5) is 0 Å². The van der Waals surface area contributed by atoms with E-state index in [1.165, 1.54) is 0 Å². The maximum absolute atomic E-state index is 13.5. The van der Waals surface area contributed by atoms with Gasteiger partial charge in [-0.3, -0.25) is 14.7 Å². The van der Waals surface area contributed by atoms with Gasteiger partial charge in [0.2, 0.25) is 6.03 Å². The summed E-state index contributed by atoms with van der Waals surface area (Å²) in [7, 11) is -3.43. The molecule has 0 aromatic heterocycles. The van der Waals surface area contributed by atoms with Gasteiger partial charge in [-0.1, -0.05) is 20.8 Å². The monoisotopic (exact) mass is 367 g/mol. The van der Waals surface area contributed by atoms with E-state index in [1.807, 2.05) is 20.8 Å². The number of rotatable bonds is 14. The molecular weight excluding hydrogens is 333 g/mol. The third-order valence-electron chi connectivity index (χ3n) is 3.46. The largest absolute Gasteiger partial charge is 0.480 e. The highest BCUT2D eigenvalue weighted by molar-refractivity contribution is 7.60. The van der Waals surface area contributed by atoms with Gasteiger partial charge in [0.1, 0.15) is 6.04 Å². The zero-order valence-electron chi connectivity index (χ0n) is 15.8. The van der Waals surface area contributed by atoms with Gasteiger partial charge < -0.3 is 19.1 Å². The van der Waals surface area contributed by atoms with E-state index in [-0.39, 0.29) is 12.5 Å². The minimum absolute atomic E-state index is 0.192. The Kier molecular flexibility index (Phi) is 11.8. The number of carbonyl (C=O) groups is 1. The molecule has 0 saturated heterocycles. The normalized spacial score (nSPS) is 17.0. The zero-order chi connectivity index (χ0) is 18.8. The van der Waals surface area contributed by atoms with Crippen molar-refractivity contribution in [2.75, 3.05) is 19.8 Å². The topological polar surface area (TPSA) is 94.1 Å². The van der Waals surface area contributed by atoms with Crippen molar-refractivity contribution in [2.45, 2.75) is 72.2 Å². The van der Waals surface area contributed by atoms with Crippen LogP contribution in [0.25, 0.3) is 0 Å². The minimum atomic E-state index is -3.43. The summed E-state index contributed by atoms with van der Waals surface area (Å²) >= 11 is 0. The Morgan fingerprint density at radius 3 is 1.96 bits per heavy atom. The summed E-state index contributed by atoms with van der Waals surface area (Å²) < 4.78 is 30.1. The fourth-order valence-electron chi connectivity index (χ4n) is 2.46. The lowest BCUT2D eigenvalue weighted by Gasteiger charge is -2.34. The van der Waals surface area contributed by atoms with Crippen LogP contribution in [0.15, 0.2) is 0 Å². The zero-order valence-corrected chi connectivity index (χ0v) is 16.7. The molecule has 0 aliphatic rings. The Balaban J connectivity index is 5.52. The molecule has 144 valence electrons. The molecule has 0 aromatic rings. The summed E-state index contributed by atoms with van der Waals surface area (Å²) in [6, 6.07) is -1.80. The van der Waals surface area contributed by atoms with Crippen LogP contribution in [0.3, 0.4) is 0 Å². The summed E-state index contributed by atoms with van der Waals surface area (Å²) in [6.07, 6.45) is 0.877. The van der Waals surface area contributed by atoms with Gasteiger partial charge in [-0.25, -0.2) is 0 Å². The predicted octanol–water partition coefficient (Wildman–Crippen LogP) is 3.48. The Morgan fingerprint density at radius 2 is 1.62 bits per heavy atom. The number of aliphatic carboxylic acids is 1. The van der Waals surface area contributed by atoms with Crippen LogP contribution in [0, 0.1) is 5.92 Å². The summed E-state index contributed by atoms with van der Waals surface area (Å²) in [5.41, 5.74) is 0. The number of carboxylic acids is 1. The van der Waals surface area contributed by atoms with Crippen molar-refractivity contribution in [2.24, 2.45) is 5.92 Å². The second kappa shape index (κ2) is 12.0. The van der Waals surface area contributed by atoms with Crippen LogP contribution in [0.5, 0.6) is 0 Å². The summed E-state index contributed by atoms with van der Waals surface area (Å²) in [4.78, 5) is 11.5. The molecule has 0 saturated carbocycles. The molecule has 0 unspecified atom stereocenters. The SMILES string of the molecule is CCOC(OCC)[P@@](=O)(OCC)[C@@H](CC)N[C@@H](CC(C)C)C(=O)O. The van der Waals surface area contributed by atoms with E-state index in [4.69, 9.17) is 14.0 Å². The first-order valence-corrected chi connectivity index (χ1v) is 10.5. The molecule has 0 fully saturated rings. The molecule has 0 aromatic carbocycles. The summed E-state index contributed by atoms with van der Waals surface area (Å²) in [5.74, 6) is -1.42. The second-order valence-electron chi connectivity index (χ2n) is 5.89. The maximum atomic E-state index is 13.5. The molecule has 0 rings (SSSR count). The van der Waals surface area contributed by atoms with Crippen molar-refractivity contribution < 1.29 is 28.5 Å². The minimum Gasteiger partial charge on any atom is -0.480 e. The molecule has 3 atom stereocenters. The van der Waals surface area contributed by atoms with Crippen LogP contribution in [-0.4, -0.2) is 48.8 Å². The Labute approximate surface area is 145 Å². The lowest BCUT2D eigenvalue weighted by Crippen LogP contribution is -2.45. The number of hydrogen-bond donors (Lipinski definition) is 2. The molecule has 7 nitrogen and oxygen atoms in total. The highest BCUT2D eigenvalue weighted by Gasteiger charge is 2.44. The van der Waals surface area contributed by atoms with E-state index in [0.717, 1.165) is 0 Å². The van der Waals surface area contributed by atoms with Gasteiger partial charge in [0.25, 0.3) is 7.37 Å². The molecule has 0 aliphatic carbocycles. The second-order valence-corrected chi connectivity index (χ2v) is 8.49. The highest BCUT2D eigenvalue weighted by Crippen LogP contribution is 2.57. The average molecular weight is 367 g/mol. The highest BCUT2D eigenvalue weighted by atomic mass is 31.2. The first-order valence-electron chi connectivity index (χ1n) is 8.72. The molecular formula is C16H34NO6P. The molecule has 0 bridgehead atoms. The van der Waals surface area contributed by atoms with Gasteiger partial charge in [0.15, 0.2) is 0 Å². The van der Waals surface area contributed by atoms with E-state index in [2.05, 4.69) is 5.32 Å². The van der Waals surface area contributed by atoms with Gasteiger partial charge in [0.05, 0.1) is 12.4 Å². The standard InChI is InChI=1S/C16H34NO6P/c1-7-14(17-13(15(18)19)11-12(5)6)24(20,23-10-4)16(21-8-2)22-9-3/h12-14,16-17H,7-11H2,1-6H3,(H,18,19)/t13-,14-,24-/m0/s1. The van der Waals surface area contributed by atoms with Crippen LogP contribution in [-0.2, 0) is 23.4 Å². The van der Waals surface area contributed by atoms with Crippen molar-refractivity contribution >= 4 is 13.3 Å². The average Bonchev–Trinajstić information content (AvgIpc) is 2.50. The predicted molar refractivity (Wildman–Crippen MR) is 94.4 cm³/mol. The van der Waals surface area contributed by atoms with Crippen molar-refractivity contribution in [3.63, 3.8) is 0 Å². The summed E-state index contributed by atoms with van der Waals surface area (Å²) in [6.45, 7) is 11.9. The first kappa shape index (κ1) is 23.5. The Bertz CT molecular complexity index is 398. The number of ether oxygens (including phenoxy) is 2. The van der Waals surface area contributed by atoms with Gasteiger partial charge in [-0.15, -0.1) is 0 Å². The summed E-state index contributed by atoms with van der Waals surface area (Å²) in [5, 5.41) is 12.5. The van der Waals surface area contributed by atoms with Gasteiger partial charge >= 0.3 is 5.97 Å². The van der Waals surface area contributed by atoms with Gasteiger partial charge in [0, 0.05) is 13.2 Å². The molecule has 0 aliphatic heterocycles. The smallest absolute Gasteiger partial charge is 0.320 e. The Morgan fingerprint density at radius 1 is 1.08 bits per heavy atom. The molecule has 0 radical (unpaired) electrons. The first-order chi connectivity index (χ1) is 11.3. The number of hydrogen-bond acceptors (Lipinski definition) is 6. The number of carboxylic acid groups (broad SMARTS) is 1. The van der Waals surface area contributed by atoms with E-state index < -0.39 is 31.2 Å². The molecule has 8 heteroatoms. The third kappa shape index (κ3) is 7.19.